The van der Waals surface area contributed by atoms with Crippen molar-refractivity contribution >= 4 is 17.7 Å². The van der Waals surface area contributed by atoms with E-state index in [1.54, 1.807) is 6.07 Å². The number of fused-ring (bicyclic) bond motifs is 3. The molecular formula is C25H31N3O4. The summed E-state index contributed by atoms with van der Waals surface area (Å²) < 4.78 is 6.40. The van der Waals surface area contributed by atoms with Crippen molar-refractivity contribution in [2.24, 2.45) is 23.7 Å². The van der Waals surface area contributed by atoms with Crippen LogP contribution in [0.3, 0.4) is 0 Å². The number of ether oxygens (including phenoxy) is 1. The predicted octanol–water partition coefficient (Wildman–Crippen LogP) is 2.46. The molecule has 1 spiro atoms. The highest BCUT2D eigenvalue weighted by molar-refractivity contribution is 5.98. The zero-order valence-corrected chi connectivity index (χ0v) is 18.3. The molecular weight excluding hydrogens is 406 g/mol. The maximum absolute atomic E-state index is 13.2. The number of hydrogen-bond donors (Lipinski definition) is 2. The first-order valence-corrected chi connectivity index (χ1v) is 12.2. The van der Waals surface area contributed by atoms with E-state index in [-0.39, 0.29) is 41.5 Å². The molecule has 32 heavy (non-hydrogen) atoms. The fourth-order valence-corrected chi connectivity index (χ4v) is 6.42. The van der Waals surface area contributed by atoms with Crippen molar-refractivity contribution in [1.29, 1.82) is 0 Å². The lowest BCUT2D eigenvalue weighted by molar-refractivity contribution is -0.147. The van der Waals surface area contributed by atoms with Gasteiger partial charge >= 0.3 is 0 Å². The van der Waals surface area contributed by atoms with Crippen LogP contribution in [0.2, 0.25) is 0 Å². The smallest absolute Gasteiger partial charge is 0.258 e. The van der Waals surface area contributed by atoms with Crippen molar-refractivity contribution < 1.29 is 19.1 Å². The van der Waals surface area contributed by atoms with Crippen molar-refractivity contribution in [3.05, 3.63) is 29.8 Å². The highest BCUT2D eigenvalue weighted by Gasteiger charge is 2.57. The first kappa shape index (κ1) is 20.1. The average molecular weight is 438 g/mol. The van der Waals surface area contributed by atoms with E-state index >= 15 is 0 Å². The Morgan fingerprint density at radius 1 is 1.06 bits per heavy atom. The average Bonchev–Trinajstić information content (AvgIpc) is 3.65. The maximum Gasteiger partial charge on any atom is 0.258 e. The number of carbonyl (C=O) groups is 3. The molecule has 2 bridgehead atoms. The maximum atomic E-state index is 13.2. The zero-order chi connectivity index (χ0) is 21.9. The van der Waals surface area contributed by atoms with Gasteiger partial charge in [-0.05, 0) is 63.0 Å². The van der Waals surface area contributed by atoms with Crippen LogP contribution < -0.4 is 15.4 Å². The van der Waals surface area contributed by atoms with E-state index in [4.69, 9.17) is 4.74 Å². The Labute approximate surface area is 188 Å². The van der Waals surface area contributed by atoms with Gasteiger partial charge in [-0.1, -0.05) is 12.1 Å². The summed E-state index contributed by atoms with van der Waals surface area (Å²) in [5.41, 5.74) is -0.0972. The van der Waals surface area contributed by atoms with Crippen molar-refractivity contribution in [3.8, 4) is 5.75 Å². The third kappa shape index (κ3) is 3.37. The lowest BCUT2D eigenvalue weighted by atomic mass is 9.60. The Bertz CT molecular complexity index is 952. The van der Waals surface area contributed by atoms with Crippen LogP contribution in [0.25, 0.3) is 0 Å². The van der Waals surface area contributed by atoms with Gasteiger partial charge in [-0.25, -0.2) is 0 Å². The van der Waals surface area contributed by atoms with E-state index in [0.717, 1.165) is 58.0 Å². The molecule has 4 aliphatic carbocycles. The van der Waals surface area contributed by atoms with Crippen molar-refractivity contribution in [3.63, 3.8) is 0 Å². The first-order chi connectivity index (χ1) is 15.5. The van der Waals surface area contributed by atoms with Crippen LogP contribution in [0.1, 0.15) is 61.7 Å². The molecule has 2 N–H and O–H groups in total. The molecule has 1 aromatic carbocycles. The minimum Gasteiger partial charge on any atom is -0.467 e. The Hall–Kier alpha value is -2.57. The van der Waals surface area contributed by atoms with Crippen LogP contribution in [-0.4, -0.2) is 47.5 Å². The van der Waals surface area contributed by atoms with Gasteiger partial charge in [0.05, 0.1) is 5.56 Å². The topological polar surface area (TPSA) is 87.7 Å². The predicted molar refractivity (Wildman–Crippen MR) is 117 cm³/mol. The molecule has 1 saturated heterocycles. The lowest BCUT2D eigenvalue weighted by Crippen LogP contribution is -2.67. The molecule has 1 aromatic rings. The Morgan fingerprint density at radius 3 is 2.56 bits per heavy atom. The largest absolute Gasteiger partial charge is 0.467 e. The van der Waals surface area contributed by atoms with Gasteiger partial charge in [-0.15, -0.1) is 0 Å². The summed E-state index contributed by atoms with van der Waals surface area (Å²) in [7, 11) is 0. The number of benzene rings is 1. The van der Waals surface area contributed by atoms with Crippen LogP contribution >= 0.6 is 0 Å². The minimum atomic E-state index is -0.681. The Balaban J connectivity index is 1.08. The van der Waals surface area contributed by atoms with Gasteiger partial charge in [-0.2, -0.15) is 0 Å². The van der Waals surface area contributed by atoms with Crippen LogP contribution in [0.15, 0.2) is 24.3 Å². The van der Waals surface area contributed by atoms with E-state index in [0.29, 0.717) is 23.6 Å². The third-order valence-electron chi connectivity index (χ3n) is 8.38. The van der Waals surface area contributed by atoms with Gasteiger partial charge in [0.1, 0.15) is 5.75 Å². The second-order valence-electron chi connectivity index (χ2n) is 10.4. The quantitative estimate of drug-likeness (QED) is 0.761. The van der Waals surface area contributed by atoms with E-state index in [9.17, 15) is 14.4 Å². The fraction of sp³-hybridized carbons (Fsp3) is 0.640. The Kier molecular flexibility index (Phi) is 4.70. The lowest BCUT2D eigenvalue weighted by Gasteiger charge is -2.55. The summed E-state index contributed by atoms with van der Waals surface area (Å²) >= 11 is 0. The number of nitrogens with one attached hydrogen (secondary N) is 2. The number of hydrogen-bond acceptors (Lipinski definition) is 4. The van der Waals surface area contributed by atoms with Crippen LogP contribution in [0, 0.1) is 23.7 Å². The molecule has 2 heterocycles. The van der Waals surface area contributed by atoms with Crippen molar-refractivity contribution in [2.45, 2.75) is 63.1 Å². The van der Waals surface area contributed by atoms with Gasteiger partial charge in [0.15, 0.2) is 5.72 Å². The van der Waals surface area contributed by atoms with Crippen molar-refractivity contribution in [2.75, 3.05) is 13.1 Å². The highest BCUT2D eigenvalue weighted by Crippen LogP contribution is 2.52. The monoisotopic (exact) mass is 437 g/mol. The molecule has 0 unspecified atom stereocenters. The molecule has 7 nitrogen and oxygen atoms in total. The molecule has 4 atom stereocenters. The summed E-state index contributed by atoms with van der Waals surface area (Å²) in [6.07, 6.45) is 7.16. The summed E-state index contributed by atoms with van der Waals surface area (Å²) in [5, 5.41) is 6.45. The number of para-hydroxylation sites is 1. The van der Waals surface area contributed by atoms with Crippen molar-refractivity contribution in [1.82, 2.24) is 15.5 Å². The number of rotatable bonds is 3. The number of nitrogens with zero attached hydrogens (tertiary/aromatic N) is 1. The molecule has 2 aliphatic heterocycles. The summed E-state index contributed by atoms with van der Waals surface area (Å²) in [6.45, 7) is 1.50. The van der Waals surface area contributed by atoms with Crippen LogP contribution in [0.4, 0.5) is 0 Å². The van der Waals surface area contributed by atoms with E-state index < -0.39 is 5.72 Å². The standard InChI is InChI=1S/C25H31N3O4/c29-22(26-18-9-11-28(12-10-18)24(31)15-5-6-15)20-13-17-8-7-16(20)14-25(17)27-23(30)19-3-1-2-4-21(19)32-25/h1-4,15-18,20H,5-14H2,(H,26,29)(H,27,30)/t16-,17+,20-,25+/m1/s1. The SMILES string of the molecule is O=C1N[C@@]2(C[C@H]3CC[C@H]2C[C@H]3C(=O)NC2CCN(C(=O)C3CC3)CC2)Oc2ccccc21. The van der Waals surface area contributed by atoms with Gasteiger partial charge in [0.2, 0.25) is 11.8 Å². The number of carbonyl (C=O) groups excluding carboxylic acids is 3. The highest BCUT2D eigenvalue weighted by atomic mass is 16.5. The molecule has 170 valence electrons. The van der Waals surface area contributed by atoms with Crippen LogP contribution in [0.5, 0.6) is 5.75 Å². The zero-order valence-electron chi connectivity index (χ0n) is 18.3. The summed E-state index contributed by atoms with van der Waals surface area (Å²) in [5.74, 6) is 1.61. The van der Waals surface area contributed by atoms with Crippen LogP contribution in [-0.2, 0) is 9.59 Å². The molecule has 0 aromatic heterocycles. The molecule has 3 amide bonds. The molecule has 7 rings (SSSR count). The molecule has 5 fully saturated rings. The second kappa shape index (κ2) is 7.49. The van der Waals surface area contributed by atoms with E-state index in [1.165, 1.54) is 0 Å². The second-order valence-corrected chi connectivity index (χ2v) is 10.4. The van der Waals surface area contributed by atoms with E-state index in [1.807, 2.05) is 23.1 Å². The van der Waals surface area contributed by atoms with Gasteiger partial charge in [0.25, 0.3) is 5.91 Å². The minimum absolute atomic E-state index is 0.0248. The van der Waals surface area contributed by atoms with E-state index in [2.05, 4.69) is 10.6 Å². The van der Waals surface area contributed by atoms with Gasteiger partial charge in [-0.3, -0.25) is 14.4 Å². The molecule has 6 aliphatic rings. The molecule has 4 saturated carbocycles. The fourth-order valence-electron chi connectivity index (χ4n) is 6.42. The van der Waals surface area contributed by atoms with Gasteiger partial charge in [0, 0.05) is 43.3 Å². The first-order valence-electron chi connectivity index (χ1n) is 12.2. The third-order valence-corrected chi connectivity index (χ3v) is 8.38. The number of amides is 3. The molecule has 7 heteroatoms. The van der Waals surface area contributed by atoms with Gasteiger partial charge < -0.3 is 20.3 Å². The number of piperidine rings is 1. The summed E-state index contributed by atoms with van der Waals surface area (Å²) in [6, 6.07) is 7.55. The normalized spacial score (nSPS) is 33.9. The Morgan fingerprint density at radius 2 is 1.84 bits per heavy atom. The molecule has 0 radical (unpaired) electrons. The number of likely N-dealkylation sites (tertiary alicyclic amines) is 1. The summed E-state index contributed by atoms with van der Waals surface area (Å²) in [4.78, 5) is 40.2.